The molecule has 10 nitrogen and oxygen atoms in total. The summed E-state index contributed by atoms with van der Waals surface area (Å²) in [6.45, 7) is 0.162. The van der Waals surface area contributed by atoms with E-state index >= 15 is 0 Å². The number of hydrogen-bond acceptors (Lipinski definition) is 5. The summed E-state index contributed by atoms with van der Waals surface area (Å²) in [7, 11) is 0. The fourth-order valence-corrected chi connectivity index (χ4v) is 3.77. The molecule has 0 saturated heterocycles. The number of imide groups is 1. The number of carboxylic acids is 1. The minimum atomic E-state index is -1.43. The van der Waals surface area contributed by atoms with Gasteiger partial charge in [-0.2, -0.15) is 0 Å². The molecule has 1 aromatic heterocycles. The molecule has 0 aliphatic rings. The summed E-state index contributed by atoms with van der Waals surface area (Å²) in [5, 5.41) is 10.8. The number of aliphatic imine (C=N–C) groups is 1. The number of nitrogens with zero attached hydrogens (tertiary/aromatic N) is 2. The van der Waals surface area contributed by atoms with Gasteiger partial charge in [0.15, 0.2) is 5.96 Å². The summed E-state index contributed by atoms with van der Waals surface area (Å²) < 4.78 is 0. The number of aliphatic carboxylic acids is 1. The summed E-state index contributed by atoms with van der Waals surface area (Å²) in [6.07, 6.45) is 2.10. The molecule has 0 spiro atoms. The number of aromatic nitrogens is 1. The highest BCUT2D eigenvalue weighted by atomic mass is 16.4. The highest BCUT2D eigenvalue weighted by Gasteiger charge is 2.37. The Labute approximate surface area is 196 Å². The molecule has 8 N–H and O–H groups in total. The van der Waals surface area contributed by atoms with Gasteiger partial charge in [-0.25, -0.2) is 4.79 Å². The quantitative estimate of drug-likeness (QED) is 0.170. The zero-order valence-corrected chi connectivity index (χ0v) is 18.6. The van der Waals surface area contributed by atoms with Gasteiger partial charge in [-0.3, -0.25) is 19.5 Å². The molecule has 0 radical (unpaired) electrons. The number of carbonyl (C=O) groups is 3. The number of carboxylic acid groups (broad SMARTS) is 1. The van der Waals surface area contributed by atoms with Crippen LogP contribution in [-0.2, 0) is 16.0 Å². The van der Waals surface area contributed by atoms with E-state index in [1.807, 2.05) is 24.3 Å². The van der Waals surface area contributed by atoms with Gasteiger partial charge in [-0.1, -0.05) is 36.4 Å². The van der Waals surface area contributed by atoms with Gasteiger partial charge < -0.3 is 27.3 Å². The second-order valence-corrected chi connectivity index (χ2v) is 7.85. The molecule has 2 amide bonds. The molecule has 3 aromatic rings. The van der Waals surface area contributed by atoms with Gasteiger partial charge in [0.05, 0.1) is 6.04 Å². The Hall–Kier alpha value is -4.18. The molecule has 0 aliphatic carbocycles. The van der Waals surface area contributed by atoms with Crippen molar-refractivity contribution < 1.29 is 19.5 Å². The van der Waals surface area contributed by atoms with Crippen molar-refractivity contribution in [1.82, 2.24) is 9.88 Å². The van der Waals surface area contributed by atoms with Crippen molar-refractivity contribution in [3.8, 4) is 0 Å². The van der Waals surface area contributed by atoms with Crippen LogP contribution < -0.4 is 17.2 Å². The number of hydrogen-bond donors (Lipinski definition) is 5. The number of rotatable bonds is 10. The van der Waals surface area contributed by atoms with E-state index < -0.39 is 29.9 Å². The molecule has 3 rings (SSSR count). The largest absolute Gasteiger partial charge is 0.480 e. The number of para-hydroxylation sites is 1. The van der Waals surface area contributed by atoms with Crippen LogP contribution in [0, 0.1) is 0 Å². The third kappa shape index (κ3) is 5.78. The van der Waals surface area contributed by atoms with Crippen LogP contribution in [0.5, 0.6) is 0 Å². The van der Waals surface area contributed by atoms with Crippen molar-refractivity contribution in [3.05, 3.63) is 71.9 Å². The van der Waals surface area contributed by atoms with Gasteiger partial charge >= 0.3 is 5.97 Å². The fourth-order valence-electron chi connectivity index (χ4n) is 3.77. The van der Waals surface area contributed by atoms with Gasteiger partial charge in [0.2, 0.25) is 5.91 Å². The first kappa shape index (κ1) is 24.5. The van der Waals surface area contributed by atoms with Crippen molar-refractivity contribution >= 4 is 34.6 Å². The fraction of sp³-hybridized carbons (Fsp3) is 0.250. The lowest BCUT2D eigenvalue weighted by molar-refractivity contribution is -0.148. The van der Waals surface area contributed by atoms with E-state index in [-0.39, 0.29) is 37.3 Å². The minimum Gasteiger partial charge on any atom is -0.480 e. The first-order valence-corrected chi connectivity index (χ1v) is 10.8. The summed E-state index contributed by atoms with van der Waals surface area (Å²) in [5.41, 5.74) is 18.7. The van der Waals surface area contributed by atoms with Crippen LogP contribution in [0.25, 0.3) is 10.9 Å². The second-order valence-electron chi connectivity index (χ2n) is 7.85. The molecule has 0 unspecified atom stereocenters. The molecule has 0 saturated carbocycles. The van der Waals surface area contributed by atoms with Crippen LogP contribution in [0.1, 0.15) is 28.8 Å². The Kier molecular flexibility index (Phi) is 7.99. The van der Waals surface area contributed by atoms with Crippen LogP contribution in [0.4, 0.5) is 0 Å². The highest BCUT2D eigenvalue weighted by molar-refractivity contribution is 6.08. The molecular weight excluding hydrogens is 436 g/mol. The van der Waals surface area contributed by atoms with Gasteiger partial charge in [-0.05, 0) is 43.0 Å². The normalized spacial score (nSPS) is 12.6. The molecule has 10 heteroatoms. The number of aromatic amines is 1. The Morgan fingerprint density at radius 1 is 1.03 bits per heavy atom. The zero-order chi connectivity index (χ0) is 24.7. The van der Waals surface area contributed by atoms with Gasteiger partial charge in [0.1, 0.15) is 6.04 Å². The van der Waals surface area contributed by atoms with Crippen LogP contribution in [0.3, 0.4) is 0 Å². The van der Waals surface area contributed by atoms with Gasteiger partial charge in [0.25, 0.3) is 5.91 Å². The van der Waals surface area contributed by atoms with E-state index in [4.69, 9.17) is 17.2 Å². The number of benzene rings is 2. The molecule has 2 atom stereocenters. The minimum absolute atomic E-state index is 0.0315. The third-order valence-electron chi connectivity index (χ3n) is 5.44. The number of guanidine groups is 1. The SMILES string of the molecule is NC(N)=NCCC[C@@H](C(=O)O)N(C(=O)c1ccccc1)C(=O)[C@@H](N)Cc1c[nH]c2ccccc12. The Morgan fingerprint density at radius 2 is 1.71 bits per heavy atom. The van der Waals surface area contributed by atoms with Crippen LogP contribution in [0.2, 0.25) is 0 Å². The van der Waals surface area contributed by atoms with Crippen molar-refractivity contribution in [2.45, 2.75) is 31.3 Å². The Morgan fingerprint density at radius 3 is 2.38 bits per heavy atom. The van der Waals surface area contributed by atoms with Crippen molar-refractivity contribution in [3.63, 3.8) is 0 Å². The molecule has 1 heterocycles. The van der Waals surface area contributed by atoms with Crippen molar-refractivity contribution in [2.75, 3.05) is 6.54 Å². The lowest BCUT2D eigenvalue weighted by atomic mass is 10.0. The lowest BCUT2D eigenvalue weighted by Crippen LogP contribution is -2.54. The number of fused-ring (bicyclic) bond motifs is 1. The zero-order valence-electron chi connectivity index (χ0n) is 18.6. The molecule has 178 valence electrons. The van der Waals surface area contributed by atoms with E-state index in [2.05, 4.69) is 9.98 Å². The summed E-state index contributed by atoms with van der Waals surface area (Å²) >= 11 is 0. The lowest BCUT2D eigenvalue weighted by Gasteiger charge is -2.29. The van der Waals surface area contributed by atoms with E-state index in [1.54, 1.807) is 24.4 Å². The van der Waals surface area contributed by atoms with E-state index in [1.165, 1.54) is 12.1 Å². The van der Waals surface area contributed by atoms with Crippen molar-refractivity contribution in [1.29, 1.82) is 0 Å². The summed E-state index contributed by atoms with van der Waals surface area (Å²) in [4.78, 5) is 46.6. The predicted octanol–water partition coefficient (Wildman–Crippen LogP) is 1.21. The number of nitrogens with two attached hydrogens (primary N) is 3. The Balaban J connectivity index is 1.89. The first-order valence-electron chi connectivity index (χ1n) is 10.8. The number of H-pyrrole nitrogens is 1. The third-order valence-corrected chi connectivity index (χ3v) is 5.44. The van der Waals surface area contributed by atoms with E-state index in [0.717, 1.165) is 21.4 Å². The summed E-state index contributed by atoms with van der Waals surface area (Å²) in [6, 6.07) is 13.0. The monoisotopic (exact) mass is 464 g/mol. The van der Waals surface area contributed by atoms with Gasteiger partial charge in [0, 0.05) is 29.2 Å². The van der Waals surface area contributed by atoms with E-state index in [0.29, 0.717) is 0 Å². The standard InChI is InChI=1S/C24H28N6O4/c25-18(13-16-14-29-19-10-5-4-9-17(16)19)22(32)30(21(31)15-7-2-1-3-8-15)20(23(33)34)11-6-12-28-24(26)27/h1-5,7-10,14,18,20,29H,6,11-13,25H2,(H,33,34)(H4,26,27,28)/t18-,20-/m0/s1. The number of carbonyl (C=O) groups excluding carboxylic acids is 2. The Bertz CT molecular complexity index is 1190. The molecular formula is C24H28N6O4. The first-order chi connectivity index (χ1) is 16.3. The van der Waals surface area contributed by atoms with E-state index in [9.17, 15) is 19.5 Å². The topological polar surface area (TPSA) is 181 Å². The second kappa shape index (κ2) is 11.1. The van der Waals surface area contributed by atoms with Gasteiger partial charge in [-0.15, -0.1) is 0 Å². The molecule has 0 aliphatic heterocycles. The maximum absolute atomic E-state index is 13.4. The molecule has 0 bridgehead atoms. The number of nitrogens with one attached hydrogen (secondary N) is 1. The maximum Gasteiger partial charge on any atom is 0.326 e. The van der Waals surface area contributed by atoms with Crippen LogP contribution >= 0.6 is 0 Å². The highest BCUT2D eigenvalue weighted by Crippen LogP contribution is 2.21. The molecule has 34 heavy (non-hydrogen) atoms. The summed E-state index contributed by atoms with van der Waals surface area (Å²) in [5.74, 6) is -2.94. The predicted molar refractivity (Wildman–Crippen MR) is 129 cm³/mol. The molecule has 2 aromatic carbocycles. The van der Waals surface area contributed by atoms with Crippen LogP contribution in [-0.4, -0.2) is 57.4 Å². The maximum atomic E-state index is 13.4. The average Bonchev–Trinajstić information content (AvgIpc) is 3.23. The number of amides is 2. The average molecular weight is 465 g/mol. The van der Waals surface area contributed by atoms with Crippen molar-refractivity contribution in [2.24, 2.45) is 22.2 Å². The molecule has 0 fully saturated rings. The van der Waals surface area contributed by atoms with Crippen LogP contribution in [0.15, 0.2) is 65.8 Å². The smallest absolute Gasteiger partial charge is 0.326 e.